The lowest BCUT2D eigenvalue weighted by atomic mass is 9.96. The maximum atomic E-state index is 10.1. The molecular weight excluding hydrogens is 302 g/mol. The minimum atomic E-state index is -0.879. The predicted octanol–water partition coefficient (Wildman–Crippen LogP) is 2.89. The molecule has 0 spiro atoms. The number of rotatable bonds is 2. The highest BCUT2D eigenvalue weighted by molar-refractivity contribution is 5.93. The quantitative estimate of drug-likeness (QED) is 0.430. The largest absolute Gasteiger partial charge is 0.386 e. The number of benzene rings is 1. The average molecular weight is 323 g/mol. The molecule has 24 heavy (non-hydrogen) atoms. The summed E-state index contributed by atoms with van der Waals surface area (Å²) in [6, 6.07) is 7.71. The zero-order valence-electron chi connectivity index (χ0n) is 14.2. The van der Waals surface area contributed by atoms with Gasteiger partial charge in [0.25, 0.3) is 0 Å². The van der Waals surface area contributed by atoms with Gasteiger partial charge in [0.15, 0.2) is 5.65 Å². The molecule has 6 heteroatoms. The van der Waals surface area contributed by atoms with Crippen LogP contribution in [-0.2, 0) is 5.60 Å². The molecule has 0 saturated heterocycles. The SMILES string of the molecule is CC(=N)n1c(=N)cnc2[nH]c(-c3ccc(C(C)(C)O)cc3)c(C)c21. The van der Waals surface area contributed by atoms with Crippen LogP contribution in [0.1, 0.15) is 31.9 Å². The van der Waals surface area contributed by atoms with Gasteiger partial charge in [0.1, 0.15) is 11.3 Å². The monoisotopic (exact) mass is 323 g/mol. The van der Waals surface area contributed by atoms with Crippen molar-refractivity contribution in [2.75, 3.05) is 0 Å². The molecule has 1 aromatic carbocycles. The van der Waals surface area contributed by atoms with Gasteiger partial charge in [-0.05, 0) is 38.8 Å². The summed E-state index contributed by atoms with van der Waals surface area (Å²) in [5, 5.41) is 26.0. The lowest BCUT2D eigenvalue weighted by Crippen LogP contribution is -2.25. The molecule has 0 bridgehead atoms. The van der Waals surface area contributed by atoms with Crippen molar-refractivity contribution >= 4 is 17.0 Å². The van der Waals surface area contributed by atoms with Crippen LogP contribution in [0.4, 0.5) is 0 Å². The highest BCUT2D eigenvalue weighted by Gasteiger charge is 2.18. The number of nitrogens with one attached hydrogen (secondary N) is 3. The second-order valence-corrected chi connectivity index (χ2v) is 6.52. The first kappa shape index (κ1) is 16.1. The number of aliphatic hydroxyl groups is 1. The summed E-state index contributed by atoms with van der Waals surface area (Å²) in [5.41, 5.74) is 4.36. The van der Waals surface area contributed by atoms with Crippen LogP contribution in [0.5, 0.6) is 0 Å². The number of hydrogen-bond acceptors (Lipinski definition) is 4. The maximum Gasteiger partial charge on any atom is 0.155 e. The number of hydrogen-bond donors (Lipinski definition) is 4. The predicted molar refractivity (Wildman–Crippen MR) is 94.2 cm³/mol. The van der Waals surface area contributed by atoms with Gasteiger partial charge in [0.2, 0.25) is 0 Å². The highest BCUT2D eigenvalue weighted by atomic mass is 16.3. The zero-order chi connectivity index (χ0) is 17.6. The Labute approximate surface area is 139 Å². The molecule has 0 radical (unpaired) electrons. The molecule has 2 heterocycles. The van der Waals surface area contributed by atoms with Gasteiger partial charge in [-0.25, -0.2) is 4.98 Å². The Bertz CT molecular complexity index is 987. The van der Waals surface area contributed by atoms with Gasteiger partial charge in [0.05, 0.1) is 23.0 Å². The van der Waals surface area contributed by atoms with E-state index in [9.17, 15) is 5.11 Å². The molecule has 2 aromatic heterocycles. The van der Waals surface area contributed by atoms with Gasteiger partial charge in [0, 0.05) is 5.56 Å². The Morgan fingerprint density at radius 1 is 1.25 bits per heavy atom. The van der Waals surface area contributed by atoms with Crippen molar-refractivity contribution < 1.29 is 5.11 Å². The number of H-pyrrole nitrogens is 1. The van der Waals surface area contributed by atoms with Crippen LogP contribution >= 0.6 is 0 Å². The zero-order valence-corrected chi connectivity index (χ0v) is 14.2. The van der Waals surface area contributed by atoms with Crippen LogP contribution in [0, 0.1) is 17.7 Å². The first-order chi connectivity index (χ1) is 11.2. The molecule has 0 amide bonds. The fourth-order valence-corrected chi connectivity index (χ4v) is 2.92. The second kappa shape index (κ2) is 5.42. The summed E-state index contributed by atoms with van der Waals surface area (Å²) < 4.78 is 1.57. The molecule has 0 aliphatic rings. The van der Waals surface area contributed by atoms with E-state index in [1.807, 2.05) is 31.2 Å². The number of aromatic amines is 1. The summed E-state index contributed by atoms with van der Waals surface area (Å²) in [4.78, 5) is 7.57. The van der Waals surface area contributed by atoms with E-state index in [4.69, 9.17) is 10.8 Å². The molecule has 3 rings (SSSR count). The molecule has 0 fully saturated rings. The lowest BCUT2D eigenvalue weighted by molar-refractivity contribution is 0.0786. The first-order valence-electron chi connectivity index (χ1n) is 7.74. The van der Waals surface area contributed by atoms with Gasteiger partial charge in [-0.1, -0.05) is 24.3 Å². The third kappa shape index (κ3) is 2.55. The van der Waals surface area contributed by atoms with Gasteiger partial charge < -0.3 is 10.1 Å². The number of fused-ring (bicyclic) bond motifs is 1. The van der Waals surface area contributed by atoms with E-state index in [0.29, 0.717) is 5.65 Å². The molecule has 4 N–H and O–H groups in total. The van der Waals surface area contributed by atoms with Crippen molar-refractivity contribution in [3.8, 4) is 11.3 Å². The van der Waals surface area contributed by atoms with E-state index < -0.39 is 5.60 Å². The van der Waals surface area contributed by atoms with Crippen molar-refractivity contribution in [3.63, 3.8) is 0 Å². The summed E-state index contributed by atoms with van der Waals surface area (Å²) in [7, 11) is 0. The highest BCUT2D eigenvalue weighted by Crippen LogP contribution is 2.29. The van der Waals surface area contributed by atoms with E-state index in [1.165, 1.54) is 6.20 Å². The van der Waals surface area contributed by atoms with Crippen LogP contribution in [-0.4, -0.2) is 25.5 Å². The Morgan fingerprint density at radius 3 is 2.42 bits per heavy atom. The van der Waals surface area contributed by atoms with Crippen molar-refractivity contribution in [2.24, 2.45) is 0 Å². The first-order valence-corrected chi connectivity index (χ1v) is 7.74. The minimum absolute atomic E-state index is 0.182. The van der Waals surface area contributed by atoms with Gasteiger partial charge in [-0.15, -0.1) is 0 Å². The molecular formula is C18H21N5O. The van der Waals surface area contributed by atoms with Crippen molar-refractivity contribution in [3.05, 3.63) is 47.1 Å². The minimum Gasteiger partial charge on any atom is -0.386 e. The number of aromatic nitrogens is 3. The summed E-state index contributed by atoms with van der Waals surface area (Å²) in [6.45, 7) is 7.12. The van der Waals surface area contributed by atoms with Crippen molar-refractivity contribution in [1.82, 2.24) is 14.5 Å². The molecule has 0 aliphatic carbocycles. The van der Waals surface area contributed by atoms with Gasteiger partial charge in [-0.3, -0.25) is 15.4 Å². The van der Waals surface area contributed by atoms with Crippen LogP contribution in [0.15, 0.2) is 30.5 Å². The van der Waals surface area contributed by atoms with Crippen LogP contribution in [0.3, 0.4) is 0 Å². The topological polar surface area (TPSA) is 102 Å². The molecule has 0 saturated carbocycles. The molecule has 0 aliphatic heterocycles. The van der Waals surface area contributed by atoms with Crippen LogP contribution in [0.25, 0.3) is 22.4 Å². The molecule has 124 valence electrons. The van der Waals surface area contributed by atoms with Gasteiger partial charge >= 0.3 is 0 Å². The Morgan fingerprint density at radius 2 is 1.88 bits per heavy atom. The molecule has 0 unspecified atom stereocenters. The summed E-state index contributed by atoms with van der Waals surface area (Å²) in [5.74, 6) is 0.276. The van der Waals surface area contributed by atoms with Gasteiger partial charge in [-0.2, -0.15) is 0 Å². The van der Waals surface area contributed by atoms with E-state index in [2.05, 4.69) is 9.97 Å². The third-order valence-electron chi connectivity index (χ3n) is 4.19. The third-order valence-corrected chi connectivity index (χ3v) is 4.19. The Balaban J connectivity index is 2.21. The molecule has 6 nitrogen and oxygen atoms in total. The normalized spacial score (nSPS) is 11.9. The van der Waals surface area contributed by atoms with E-state index >= 15 is 0 Å². The van der Waals surface area contributed by atoms with Crippen LogP contribution in [0.2, 0.25) is 0 Å². The number of nitrogens with zero attached hydrogens (tertiary/aromatic N) is 2. The molecule has 3 aromatic rings. The summed E-state index contributed by atoms with van der Waals surface area (Å²) >= 11 is 0. The molecule has 0 atom stereocenters. The standard InChI is InChI=1S/C18H21N5O/c1-10-15(12-5-7-13(8-6-12)18(3,4)24)22-17-16(10)23(11(2)19)14(20)9-21-17/h5-9,19-20,22,24H,1-4H3. The Kier molecular flexibility index (Phi) is 3.64. The number of aryl methyl sites for hydroxylation is 1. The fraction of sp³-hybridized carbons (Fsp3) is 0.278. The van der Waals surface area contributed by atoms with E-state index in [0.717, 1.165) is 27.9 Å². The van der Waals surface area contributed by atoms with E-state index in [-0.39, 0.29) is 11.3 Å². The van der Waals surface area contributed by atoms with E-state index in [1.54, 1.807) is 25.3 Å². The fourth-order valence-electron chi connectivity index (χ4n) is 2.92. The smallest absolute Gasteiger partial charge is 0.155 e. The van der Waals surface area contributed by atoms with Crippen molar-refractivity contribution in [1.29, 1.82) is 10.8 Å². The Hall–Kier alpha value is -2.73. The van der Waals surface area contributed by atoms with Crippen LogP contribution < -0.4 is 5.49 Å². The van der Waals surface area contributed by atoms with Crippen molar-refractivity contribution in [2.45, 2.75) is 33.3 Å². The average Bonchev–Trinajstić information content (AvgIpc) is 2.83. The summed E-state index contributed by atoms with van der Waals surface area (Å²) in [6.07, 6.45) is 1.44. The maximum absolute atomic E-state index is 10.1. The lowest BCUT2D eigenvalue weighted by Gasteiger charge is -2.17. The second-order valence-electron chi connectivity index (χ2n) is 6.52.